The highest BCUT2D eigenvalue weighted by atomic mass is 16.5. The Kier molecular flexibility index (Phi) is 10.3. The molecule has 5 N–H and O–H groups in total. The number of methoxy groups -OCH3 is 1. The van der Waals surface area contributed by atoms with Crippen LogP contribution in [-0.2, 0) is 19.7 Å². The number of benzene rings is 3. The summed E-state index contributed by atoms with van der Waals surface area (Å²) in [5.41, 5.74) is 11.8. The van der Waals surface area contributed by atoms with Crippen molar-refractivity contribution in [3.05, 3.63) is 83.7 Å². The summed E-state index contributed by atoms with van der Waals surface area (Å²) in [4.78, 5) is 59.1. The fourth-order valence-electron chi connectivity index (χ4n) is 9.04. The Labute approximate surface area is 339 Å². The first-order valence-corrected chi connectivity index (χ1v) is 20.5. The van der Waals surface area contributed by atoms with Crippen molar-refractivity contribution in [1.29, 1.82) is 0 Å². The van der Waals surface area contributed by atoms with Gasteiger partial charge in [-0.1, -0.05) is 71.9 Å². The minimum Gasteiger partial charge on any atom is -0.457 e. The zero-order valence-electron chi connectivity index (χ0n) is 34.4. The number of carbonyl (C=O) groups is 3. The fourth-order valence-corrected chi connectivity index (χ4v) is 9.04. The summed E-state index contributed by atoms with van der Waals surface area (Å²) >= 11 is 0. The van der Waals surface area contributed by atoms with Crippen molar-refractivity contribution in [2.24, 2.45) is 17.6 Å². The molecule has 0 spiro atoms. The van der Waals surface area contributed by atoms with Crippen molar-refractivity contribution in [1.82, 2.24) is 35.1 Å². The summed E-state index contributed by atoms with van der Waals surface area (Å²) in [7, 11) is 1.30. The van der Waals surface area contributed by atoms with E-state index in [1.54, 1.807) is 0 Å². The zero-order chi connectivity index (χ0) is 41.0. The minimum atomic E-state index is -0.692. The van der Waals surface area contributed by atoms with Gasteiger partial charge in [-0.2, -0.15) is 0 Å². The SMILES string of the molecule is COC(=O)N[C@H](C(=O)N1CCC[C@H]1c1ncc(-c2ccc3c4c(ccc3c2)Oc2cc(-c3cnc([C@@H]5CCCN5C(=O)[C@@H](N)C(C)C)[nH]3)ccc2C4(C)C)[nH]1)C(C)C. The van der Waals surface area contributed by atoms with Crippen molar-refractivity contribution in [2.75, 3.05) is 20.2 Å². The van der Waals surface area contributed by atoms with Crippen molar-refractivity contribution in [3.63, 3.8) is 0 Å². The first-order chi connectivity index (χ1) is 27.8. The van der Waals surface area contributed by atoms with Crippen molar-refractivity contribution >= 4 is 28.7 Å². The third kappa shape index (κ3) is 6.88. The molecular weight excluding hydrogens is 733 g/mol. The van der Waals surface area contributed by atoms with E-state index < -0.39 is 18.2 Å². The fraction of sp³-hybridized carbons (Fsp3) is 0.444. The van der Waals surface area contributed by atoms with E-state index in [0.717, 1.165) is 93.2 Å². The second-order valence-corrected chi connectivity index (χ2v) is 17.2. The van der Waals surface area contributed by atoms with Gasteiger partial charge in [0, 0.05) is 40.8 Å². The van der Waals surface area contributed by atoms with Crippen LogP contribution in [0.5, 0.6) is 11.5 Å². The number of amides is 3. The van der Waals surface area contributed by atoms with Crippen LogP contribution in [0.1, 0.15) is 102 Å². The van der Waals surface area contributed by atoms with E-state index in [1.807, 2.05) is 49.9 Å². The van der Waals surface area contributed by atoms with Crippen molar-refractivity contribution in [3.8, 4) is 34.0 Å². The second kappa shape index (κ2) is 15.2. The summed E-state index contributed by atoms with van der Waals surface area (Å²) < 4.78 is 11.5. The molecular formula is C45H54N8O5. The van der Waals surface area contributed by atoms with E-state index in [9.17, 15) is 14.4 Å². The number of nitrogens with two attached hydrogens (primary N) is 1. The van der Waals surface area contributed by atoms with Crippen molar-refractivity contribution in [2.45, 2.75) is 96.8 Å². The summed E-state index contributed by atoms with van der Waals surface area (Å²) in [5, 5.41) is 4.90. The molecule has 13 heteroatoms. The Balaban J connectivity index is 1.02. The maximum absolute atomic E-state index is 13.7. The summed E-state index contributed by atoms with van der Waals surface area (Å²) in [6.45, 7) is 13.5. The molecule has 0 unspecified atom stereocenters. The van der Waals surface area contributed by atoms with Gasteiger partial charge in [-0.25, -0.2) is 14.8 Å². The Bertz CT molecular complexity index is 2380. The van der Waals surface area contributed by atoms with E-state index in [2.05, 4.69) is 77.7 Å². The third-order valence-corrected chi connectivity index (χ3v) is 12.4. The topological polar surface area (TPSA) is 172 Å². The molecule has 0 saturated carbocycles. The third-order valence-electron chi connectivity index (χ3n) is 12.4. The number of nitrogens with zero attached hydrogens (tertiary/aromatic N) is 4. The number of nitrogens with one attached hydrogen (secondary N) is 3. The molecule has 2 aromatic heterocycles. The van der Waals surface area contributed by atoms with Gasteiger partial charge in [-0.15, -0.1) is 0 Å². The number of fused-ring (bicyclic) bond motifs is 4. The molecule has 0 aliphatic carbocycles. The highest BCUT2D eigenvalue weighted by Crippen LogP contribution is 2.51. The van der Waals surface area contributed by atoms with Crippen LogP contribution in [0.2, 0.25) is 0 Å². The number of ether oxygens (including phenoxy) is 2. The summed E-state index contributed by atoms with van der Waals surface area (Å²) in [6, 6.07) is 15.3. The molecule has 8 rings (SSSR count). The van der Waals surface area contributed by atoms with Gasteiger partial charge in [0.2, 0.25) is 11.8 Å². The quantitative estimate of drug-likeness (QED) is 0.118. The van der Waals surface area contributed by atoms with Gasteiger partial charge in [0.1, 0.15) is 29.2 Å². The monoisotopic (exact) mass is 786 g/mol. The van der Waals surface area contributed by atoms with Gasteiger partial charge >= 0.3 is 6.09 Å². The second-order valence-electron chi connectivity index (χ2n) is 17.2. The highest BCUT2D eigenvalue weighted by Gasteiger charge is 2.39. The lowest BCUT2D eigenvalue weighted by Gasteiger charge is -2.35. The largest absolute Gasteiger partial charge is 0.457 e. The van der Waals surface area contributed by atoms with E-state index >= 15 is 0 Å². The van der Waals surface area contributed by atoms with E-state index in [0.29, 0.717) is 13.1 Å². The first kappa shape index (κ1) is 39.2. The maximum Gasteiger partial charge on any atom is 0.407 e. The van der Waals surface area contributed by atoms with Gasteiger partial charge in [0.05, 0.1) is 49.0 Å². The zero-order valence-corrected chi connectivity index (χ0v) is 34.4. The number of rotatable bonds is 9. The number of carbonyl (C=O) groups excluding carboxylic acids is 3. The maximum atomic E-state index is 13.7. The molecule has 3 amide bonds. The standard InChI is InChI=1S/C45H54N8O5/c1-24(2)38(46)42(54)52-18-8-10-33(52)40-48-23-32(50-40)28-13-16-30-36(21-28)58-35-17-14-26-20-27(12-15-29(26)37(35)45(30,5)6)31-22-47-41(49-31)34-11-9-19-53(34)43(55)39(25(3)4)51-44(56)57-7/h12-17,20-25,33-34,38-39H,8-11,18-19,46H2,1-7H3,(H,47,49)(H,48,50)(H,51,56)/t33-,34-,38-,39-/m0/s1. The van der Waals surface area contributed by atoms with Crippen LogP contribution >= 0.6 is 0 Å². The molecule has 4 atom stereocenters. The van der Waals surface area contributed by atoms with Crippen LogP contribution in [0.15, 0.2) is 60.9 Å². The number of H-pyrrole nitrogens is 2. The molecule has 2 fully saturated rings. The molecule has 3 aliphatic rings. The smallest absolute Gasteiger partial charge is 0.407 e. The molecule has 58 heavy (non-hydrogen) atoms. The van der Waals surface area contributed by atoms with Gasteiger partial charge in [-0.05, 0) is 66.5 Å². The number of imidazole rings is 2. The van der Waals surface area contributed by atoms with Crippen LogP contribution < -0.4 is 15.8 Å². The van der Waals surface area contributed by atoms with Crippen molar-refractivity contribution < 1.29 is 23.9 Å². The number of likely N-dealkylation sites (tertiary alicyclic amines) is 2. The average Bonchev–Trinajstić information content (AvgIpc) is 4.05. The molecule has 3 aliphatic heterocycles. The Morgan fingerprint density at radius 3 is 2.03 bits per heavy atom. The molecule has 0 bridgehead atoms. The lowest BCUT2D eigenvalue weighted by atomic mass is 9.73. The molecule has 13 nitrogen and oxygen atoms in total. The Hall–Kier alpha value is -5.69. The van der Waals surface area contributed by atoms with E-state index in [-0.39, 0.29) is 41.1 Å². The summed E-state index contributed by atoms with van der Waals surface area (Å²) in [5.74, 6) is 2.92. The molecule has 304 valence electrons. The molecule has 3 aromatic carbocycles. The van der Waals surface area contributed by atoms with Gasteiger partial charge in [-0.3, -0.25) is 9.59 Å². The first-order valence-electron chi connectivity index (χ1n) is 20.5. The van der Waals surface area contributed by atoms with Crippen LogP contribution in [0.3, 0.4) is 0 Å². The lowest BCUT2D eigenvalue weighted by Crippen LogP contribution is -2.51. The Morgan fingerprint density at radius 1 is 0.828 bits per heavy atom. The van der Waals surface area contributed by atoms with Crippen LogP contribution in [-0.4, -0.2) is 79.9 Å². The van der Waals surface area contributed by atoms with Crippen LogP contribution in [0.25, 0.3) is 33.3 Å². The molecule has 5 heterocycles. The predicted octanol–water partition coefficient (Wildman–Crippen LogP) is 7.74. The van der Waals surface area contributed by atoms with Crippen LogP contribution in [0.4, 0.5) is 4.79 Å². The van der Waals surface area contributed by atoms with E-state index in [4.69, 9.17) is 25.2 Å². The molecule has 5 aromatic rings. The van der Waals surface area contributed by atoms with Crippen LogP contribution in [0, 0.1) is 11.8 Å². The lowest BCUT2D eigenvalue weighted by molar-refractivity contribution is -0.136. The predicted molar refractivity (Wildman–Crippen MR) is 222 cm³/mol. The molecule has 0 radical (unpaired) electrons. The number of aromatic nitrogens is 4. The van der Waals surface area contributed by atoms with Gasteiger partial charge < -0.3 is 40.3 Å². The Morgan fingerprint density at radius 2 is 1.43 bits per heavy atom. The normalized spacial score (nSPS) is 19.6. The average molecular weight is 787 g/mol. The van der Waals surface area contributed by atoms with E-state index in [1.165, 1.54) is 7.11 Å². The van der Waals surface area contributed by atoms with Gasteiger partial charge in [0.15, 0.2) is 0 Å². The highest BCUT2D eigenvalue weighted by molar-refractivity contribution is 5.93. The minimum absolute atomic E-state index is 0.0217. The summed E-state index contributed by atoms with van der Waals surface area (Å²) in [6.07, 6.45) is 6.44. The number of hydrogen-bond acceptors (Lipinski definition) is 8. The number of alkyl carbamates (subject to hydrolysis) is 1. The number of aromatic amines is 2. The molecule has 2 saturated heterocycles. The van der Waals surface area contributed by atoms with Gasteiger partial charge in [0.25, 0.3) is 0 Å². The number of hydrogen-bond donors (Lipinski definition) is 4.